The lowest BCUT2D eigenvalue weighted by Crippen LogP contribution is -2.99. The first-order valence-corrected chi connectivity index (χ1v) is 3.86. The van der Waals surface area contributed by atoms with E-state index in [4.69, 9.17) is 28.4 Å². The molecule has 0 spiro atoms. The Kier molecular flexibility index (Phi) is 3.18. The lowest BCUT2D eigenvalue weighted by molar-refractivity contribution is -0.991. The molecular weight excluding hydrogens is 219 g/mol. The molecule has 0 saturated carbocycles. The second-order valence-corrected chi connectivity index (χ2v) is 2.84. The number of carbonyl (C=O) groups excluding carboxylic acids is 1. The Morgan fingerprint density at radius 1 is 1.69 bits per heavy atom. The predicted octanol–water partition coefficient (Wildman–Crippen LogP) is 0.517. The molecule has 0 amide bonds. The lowest BCUT2D eigenvalue weighted by atomic mass is 10.3. The van der Waals surface area contributed by atoms with E-state index in [9.17, 15) is 10.0 Å². The van der Waals surface area contributed by atoms with E-state index in [-0.39, 0.29) is 16.4 Å². The van der Waals surface area contributed by atoms with Gasteiger partial charge in [-0.1, -0.05) is 11.6 Å². The first-order valence-electron chi connectivity index (χ1n) is 3.11. The van der Waals surface area contributed by atoms with Gasteiger partial charge in [0.15, 0.2) is 5.15 Å². The van der Waals surface area contributed by atoms with Gasteiger partial charge in [0.1, 0.15) is 0 Å². The van der Waals surface area contributed by atoms with Gasteiger partial charge in [-0.2, -0.15) is 5.23 Å². The molecule has 5 nitrogen and oxygen atoms in total. The number of hydrogen-bond acceptors (Lipinski definition) is 4. The average molecular weight is 223 g/mol. The fourth-order valence-electron chi connectivity index (χ4n) is 0.706. The third-order valence-electron chi connectivity index (χ3n) is 1.30. The molecule has 13 heavy (non-hydrogen) atoms. The highest BCUT2D eigenvalue weighted by atomic mass is 35.5. The zero-order chi connectivity index (χ0) is 10.0. The molecule has 1 atom stereocenters. The first kappa shape index (κ1) is 10.4. The molecule has 2 N–H and O–H groups in total. The molecule has 1 unspecified atom stereocenters. The van der Waals surface area contributed by atoms with Crippen molar-refractivity contribution in [3.63, 3.8) is 0 Å². The maximum absolute atomic E-state index is 10.6. The van der Waals surface area contributed by atoms with Crippen LogP contribution in [0.15, 0.2) is 12.3 Å². The number of carbonyl (C=O) groups is 1. The molecule has 0 radical (unpaired) electrons. The van der Waals surface area contributed by atoms with Crippen LogP contribution in [0.1, 0.15) is 10.4 Å². The van der Waals surface area contributed by atoms with E-state index in [1.54, 1.807) is 0 Å². The Morgan fingerprint density at radius 3 is 2.77 bits per heavy atom. The SMILES string of the molecule is O=C(Cl)c1cnc(Cl)c([NH+]([O-])O)c1. The maximum Gasteiger partial charge on any atom is 0.254 e. The van der Waals surface area contributed by atoms with Gasteiger partial charge in [-0.3, -0.25) is 4.79 Å². The van der Waals surface area contributed by atoms with Crippen LogP contribution in [0.2, 0.25) is 5.15 Å². The van der Waals surface area contributed by atoms with E-state index >= 15 is 0 Å². The minimum atomic E-state index is -1.25. The number of nitrogens with one attached hydrogen (secondary N) is 1. The number of halogens is 2. The average Bonchev–Trinajstić information content (AvgIpc) is 2.04. The van der Waals surface area contributed by atoms with Crippen LogP contribution < -0.4 is 5.23 Å². The highest BCUT2D eigenvalue weighted by molar-refractivity contribution is 6.67. The summed E-state index contributed by atoms with van der Waals surface area (Å²) in [5.74, 6) is 0. The minimum absolute atomic E-state index is 0.00321. The Labute approximate surface area is 83.0 Å². The summed E-state index contributed by atoms with van der Waals surface area (Å²) in [6.45, 7) is 0. The van der Waals surface area contributed by atoms with Gasteiger partial charge in [0, 0.05) is 12.3 Å². The molecule has 70 valence electrons. The van der Waals surface area contributed by atoms with E-state index in [0.717, 1.165) is 12.3 Å². The molecule has 0 saturated heterocycles. The molecule has 1 aromatic rings. The lowest BCUT2D eigenvalue weighted by Gasteiger charge is -2.12. The monoisotopic (exact) mass is 222 g/mol. The molecule has 1 heterocycles. The summed E-state index contributed by atoms with van der Waals surface area (Å²) in [7, 11) is 0. The summed E-state index contributed by atoms with van der Waals surface area (Å²) in [4.78, 5) is 14.1. The van der Waals surface area contributed by atoms with Gasteiger partial charge in [-0.05, 0) is 11.6 Å². The third-order valence-corrected chi connectivity index (χ3v) is 1.82. The number of hydrogen-bond donors (Lipinski definition) is 2. The highest BCUT2D eigenvalue weighted by Crippen LogP contribution is 2.16. The second-order valence-electron chi connectivity index (χ2n) is 2.14. The van der Waals surface area contributed by atoms with Crippen LogP contribution in [0.3, 0.4) is 0 Å². The Hall–Kier alpha value is -0.720. The zero-order valence-electron chi connectivity index (χ0n) is 6.12. The summed E-state index contributed by atoms with van der Waals surface area (Å²) in [6.07, 6.45) is 1.12. The van der Waals surface area contributed by atoms with Crippen molar-refractivity contribution in [2.75, 3.05) is 0 Å². The molecular formula is C6H4Cl2N2O3. The molecule has 0 aliphatic heterocycles. The van der Waals surface area contributed by atoms with Gasteiger partial charge in [0.2, 0.25) is 5.69 Å². The van der Waals surface area contributed by atoms with Crippen LogP contribution in [0.5, 0.6) is 0 Å². The molecule has 0 aliphatic carbocycles. The third kappa shape index (κ3) is 2.36. The van der Waals surface area contributed by atoms with E-state index in [1.807, 2.05) is 0 Å². The number of aromatic nitrogens is 1. The van der Waals surface area contributed by atoms with Crippen molar-refractivity contribution >= 4 is 34.1 Å². The van der Waals surface area contributed by atoms with E-state index in [0.29, 0.717) is 0 Å². The molecule has 1 rings (SSSR count). The Morgan fingerprint density at radius 2 is 2.31 bits per heavy atom. The first-order chi connectivity index (χ1) is 6.02. The minimum Gasteiger partial charge on any atom is -0.595 e. The largest absolute Gasteiger partial charge is 0.595 e. The van der Waals surface area contributed by atoms with Crippen LogP contribution in [0.25, 0.3) is 0 Å². The summed E-state index contributed by atoms with van der Waals surface area (Å²) in [5.41, 5.74) is -0.239. The summed E-state index contributed by atoms with van der Waals surface area (Å²) in [6, 6.07) is 1.08. The van der Waals surface area contributed by atoms with Crippen molar-refractivity contribution in [1.29, 1.82) is 0 Å². The van der Waals surface area contributed by atoms with Gasteiger partial charge < -0.3 is 5.21 Å². The standard InChI is InChI=1S/C6H4Cl2N2O3/c7-5-4(10(12)13)1-3(2-9-5)6(8)11/h1-2,10,12H. The molecule has 0 aliphatic rings. The van der Waals surface area contributed by atoms with Crippen molar-refractivity contribution in [3.8, 4) is 0 Å². The van der Waals surface area contributed by atoms with Crippen LogP contribution in [0.4, 0.5) is 5.69 Å². The summed E-state index contributed by atoms with van der Waals surface area (Å²) in [5, 5.41) is 16.9. The molecule has 0 fully saturated rings. The Balaban J connectivity index is 3.19. The molecule has 0 bridgehead atoms. The van der Waals surface area contributed by atoms with Gasteiger partial charge in [0.05, 0.1) is 5.56 Å². The summed E-state index contributed by atoms with van der Waals surface area (Å²) < 4.78 is 0. The number of pyridine rings is 1. The van der Waals surface area contributed by atoms with E-state index < -0.39 is 10.5 Å². The van der Waals surface area contributed by atoms with Crippen molar-refractivity contribution in [3.05, 3.63) is 28.2 Å². The van der Waals surface area contributed by atoms with Crippen molar-refractivity contribution in [2.45, 2.75) is 0 Å². The van der Waals surface area contributed by atoms with Crippen LogP contribution in [0, 0.1) is 5.21 Å². The number of quaternary nitrogens is 1. The quantitative estimate of drug-likeness (QED) is 0.435. The van der Waals surface area contributed by atoms with Crippen LogP contribution >= 0.6 is 23.2 Å². The van der Waals surface area contributed by atoms with Crippen molar-refractivity contribution in [2.24, 2.45) is 0 Å². The van der Waals surface area contributed by atoms with Crippen LogP contribution in [-0.2, 0) is 0 Å². The van der Waals surface area contributed by atoms with Crippen LogP contribution in [-0.4, -0.2) is 15.4 Å². The van der Waals surface area contributed by atoms with Crippen molar-refractivity contribution in [1.82, 2.24) is 4.98 Å². The molecule has 7 heteroatoms. The molecule has 0 aromatic carbocycles. The zero-order valence-corrected chi connectivity index (χ0v) is 7.63. The highest BCUT2D eigenvalue weighted by Gasteiger charge is 2.12. The summed E-state index contributed by atoms with van der Waals surface area (Å²) >= 11 is 10.6. The van der Waals surface area contributed by atoms with Gasteiger partial charge in [-0.15, -0.1) is 0 Å². The second kappa shape index (κ2) is 3.99. The molecule has 1 aromatic heterocycles. The van der Waals surface area contributed by atoms with Gasteiger partial charge in [-0.25, -0.2) is 10.2 Å². The van der Waals surface area contributed by atoms with E-state index in [1.165, 1.54) is 0 Å². The predicted molar refractivity (Wildman–Crippen MR) is 45.2 cm³/mol. The topological polar surface area (TPSA) is 77.7 Å². The van der Waals surface area contributed by atoms with Gasteiger partial charge >= 0.3 is 0 Å². The normalized spacial score (nSPS) is 12.6. The fraction of sp³-hybridized carbons (Fsp3) is 0. The van der Waals surface area contributed by atoms with Gasteiger partial charge in [0.25, 0.3) is 5.24 Å². The van der Waals surface area contributed by atoms with E-state index in [2.05, 4.69) is 4.98 Å². The smallest absolute Gasteiger partial charge is 0.254 e. The van der Waals surface area contributed by atoms with Crippen molar-refractivity contribution < 1.29 is 15.2 Å². The number of rotatable bonds is 2. The Bertz CT molecular complexity index is 343. The maximum atomic E-state index is 10.6. The fourth-order valence-corrected chi connectivity index (χ4v) is 0.993. The number of nitrogens with zero attached hydrogens (tertiary/aromatic N) is 1.